The summed E-state index contributed by atoms with van der Waals surface area (Å²) in [6.07, 6.45) is 5.01. The van der Waals surface area contributed by atoms with E-state index in [2.05, 4.69) is 15.9 Å². The molecule has 3 fully saturated rings. The molecule has 0 spiro atoms. The number of amides is 1. The number of carbonyl (C=O) groups excluding carboxylic acids is 1. The predicted molar refractivity (Wildman–Crippen MR) is 83.3 cm³/mol. The number of likely N-dealkylation sites (tertiary alicyclic amines) is 1. The molecular weight excluding hydrogens is 274 g/mol. The van der Waals surface area contributed by atoms with Gasteiger partial charge >= 0.3 is 0 Å². The van der Waals surface area contributed by atoms with Crippen LogP contribution in [0, 0.1) is 17.2 Å². The van der Waals surface area contributed by atoms with Crippen LogP contribution in [0.3, 0.4) is 0 Å². The Morgan fingerprint density at radius 3 is 2.55 bits per heavy atom. The Kier molecular flexibility index (Phi) is 3.38. The summed E-state index contributed by atoms with van der Waals surface area (Å²) in [4.78, 5) is 17.5. The van der Waals surface area contributed by atoms with Crippen LogP contribution in [-0.2, 0) is 0 Å². The summed E-state index contributed by atoms with van der Waals surface area (Å²) >= 11 is 0. The zero-order valence-electron chi connectivity index (χ0n) is 12.7. The molecule has 22 heavy (non-hydrogen) atoms. The SMILES string of the molecule is N#Cc1cccc(C(=O)N2[C@H]3CC[C@H]2CN(CC2CC2)C3)c1. The van der Waals surface area contributed by atoms with Gasteiger partial charge in [-0.25, -0.2) is 0 Å². The largest absolute Gasteiger partial charge is 0.330 e. The number of hydrogen-bond acceptors (Lipinski definition) is 3. The molecule has 0 radical (unpaired) electrons. The molecule has 1 aliphatic carbocycles. The van der Waals surface area contributed by atoms with E-state index >= 15 is 0 Å². The first-order chi connectivity index (χ1) is 10.7. The standard InChI is InChI=1S/C18H21N3O/c19-9-14-2-1-3-15(8-14)18(22)21-16-6-7-17(21)12-20(11-16)10-13-4-5-13/h1-3,8,13,16-17H,4-7,10-12H2/t16-,17-/m0/s1. The second-order valence-corrected chi connectivity index (χ2v) is 6.95. The summed E-state index contributed by atoms with van der Waals surface area (Å²) in [6, 6.07) is 9.94. The molecule has 1 aromatic carbocycles. The van der Waals surface area contributed by atoms with Crippen LogP contribution in [0.5, 0.6) is 0 Å². The van der Waals surface area contributed by atoms with Gasteiger partial charge in [0.15, 0.2) is 0 Å². The molecule has 1 saturated carbocycles. The average molecular weight is 295 g/mol. The van der Waals surface area contributed by atoms with Gasteiger partial charge in [-0.05, 0) is 49.8 Å². The Bertz CT molecular complexity index is 617. The molecule has 1 aromatic rings. The quantitative estimate of drug-likeness (QED) is 0.859. The number of hydrogen-bond donors (Lipinski definition) is 0. The maximum Gasteiger partial charge on any atom is 0.254 e. The van der Waals surface area contributed by atoms with E-state index in [1.54, 1.807) is 18.2 Å². The third-order valence-corrected chi connectivity index (χ3v) is 5.24. The third-order valence-electron chi connectivity index (χ3n) is 5.24. The van der Waals surface area contributed by atoms with Gasteiger partial charge in [-0.15, -0.1) is 0 Å². The molecule has 114 valence electrons. The summed E-state index contributed by atoms with van der Waals surface area (Å²) in [7, 11) is 0. The average Bonchev–Trinajstić information content (AvgIpc) is 3.31. The molecule has 2 heterocycles. The molecule has 0 unspecified atom stereocenters. The number of nitriles is 1. The number of piperazine rings is 1. The van der Waals surface area contributed by atoms with E-state index in [0.29, 0.717) is 23.2 Å². The molecule has 2 atom stereocenters. The van der Waals surface area contributed by atoms with E-state index in [0.717, 1.165) is 31.8 Å². The Morgan fingerprint density at radius 2 is 1.91 bits per heavy atom. The number of rotatable bonds is 3. The highest BCUT2D eigenvalue weighted by molar-refractivity contribution is 5.95. The first-order valence-corrected chi connectivity index (χ1v) is 8.30. The van der Waals surface area contributed by atoms with Crippen LogP contribution in [0.25, 0.3) is 0 Å². The Hall–Kier alpha value is -1.86. The zero-order valence-corrected chi connectivity index (χ0v) is 12.7. The molecular formula is C18H21N3O. The summed E-state index contributed by atoms with van der Waals surface area (Å²) in [5.41, 5.74) is 1.22. The minimum Gasteiger partial charge on any atom is -0.330 e. The minimum atomic E-state index is 0.107. The van der Waals surface area contributed by atoms with Crippen molar-refractivity contribution in [3.8, 4) is 6.07 Å². The number of benzene rings is 1. The van der Waals surface area contributed by atoms with Crippen molar-refractivity contribution in [3.05, 3.63) is 35.4 Å². The van der Waals surface area contributed by atoms with Gasteiger partial charge in [-0.1, -0.05) is 6.07 Å². The van der Waals surface area contributed by atoms with Crippen LogP contribution in [0.15, 0.2) is 24.3 Å². The highest BCUT2D eigenvalue weighted by Crippen LogP contribution is 2.35. The fraction of sp³-hybridized carbons (Fsp3) is 0.556. The monoisotopic (exact) mass is 295 g/mol. The molecule has 2 bridgehead atoms. The van der Waals surface area contributed by atoms with E-state index in [9.17, 15) is 4.79 Å². The molecule has 2 aliphatic heterocycles. The smallest absolute Gasteiger partial charge is 0.254 e. The first kappa shape index (κ1) is 13.8. The second-order valence-electron chi connectivity index (χ2n) is 6.95. The molecule has 4 heteroatoms. The van der Waals surface area contributed by atoms with Gasteiger partial charge < -0.3 is 4.90 Å². The fourth-order valence-corrected chi connectivity index (χ4v) is 4.01. The van der Waals surface area contributed by atoms with Crippen LogP contribution in [0.4, 0.5) is 0 Å². The Balaban J connectivity index is 1.50. The predicted octanol–water partition coefficient (Wildman–Crippen LogP) is 2.26. The normalized spacial score (nSPS) is 27.7. The van der Waals surface area contributed by atoms with Crippen molar-refractivity contribution in [2.45, 2.75) is 37.8 Å². The first-order valence-electron chi connectivity index (χ1n) is 8.30. The molecule has 4 rings (SSSR count). The lowest BCUT2D eigenvalue weighted by Gasteiger charge is -2.41. The van der Waals surface area contributed by atoms with E-state index < -0.39 is 0 Å². The van der Waals surface area contributed by atoms with Gasteiger partial charge in [0.25, 0.3) is 5.91 Å². The Morgan fingerprint density at radius 1 is 1.18 bits per heavy atom. The molecule has 3 aliphatic rings. The van der Waals surface area contributed by atoms with Gasteiger partial charge in [0.2, 0.25) is 0 Å². The van der Waals surface area contributed by atoms with Crippen LogP contribution in [-0.4, -0.2) is 47.4 Å². The van der Waals surface area contributed by atoms with Crippen molar-refractivity contribution < 1.29 is 4.79 Å². The highest BCUT2D eigenvalue weighted by Gasteiger charge is 2.43. The van der Waals surface area contributed by atoms with E-state index in [1.165, 1.54) is 19.4 Å². The zero-order chi connectivity index (χ0) is 15.1. The van der Waals surface area contributed by atoms with E-state index in [1.807, 2.05) is 6.07 Å². The number of fused-ring (bicyclic) bond motifs is 2. The number of carbonyl (C=O) groups is 1. The van der Waals surface area contributed by atoms with E-state index in [4.69, 9.17) is 5.26 Å². The third kappa shape index (κ3) is 2.50. The lowest BCUT2D eigenvalue weighted by atomic mass is 10.1. The minimum absolute atomic E-state index is 0.107. The molecule has 2 saturated heterocycles. The molecule has 0 N–H and O–H groups in total. The van der Waals surface area contributed by atoms with Crippen LogP contribution in [0.1, 0.15) is 41.6 Å². The van der Waals surface area contributed by atoms with Crippen LogP contribution < -0.4 is 0 Å². The van der Waals surface area contributed by atoms with Gasteiger partial charge in [0.05, 0.1) is 11.6 Å². The Labute approximate surface area is 131 Å². The van der Waals surface area contributed by atoms with Gasteiger partial charge in [-0.3, -0.25) is 9.69 Å². The second kappa shape index (κ2) is 5.40. The van der Waals surface area contributed by atoms with Crippen molar-refractivity contribution in [2.24, 2.45) is 5.92 Å². The highest BCUT2D eigenvalue weighted by atomic mass is 16.2. The van der Waals surface area contributed by atoms with Gasteiger partial charge in [0, 0.05) is 37.3 Å². The van der Waals surface area contributed by atoms with Crippen molar-refractivity contribution in [2.75, 3.05) is 19.6 Å². The van der Waals surface area contributed by atoms with Crippen LogP contribution >= 0.6 is 0 Å². The van der Waals surface area contributed by atoms with Crippen molar-refractivity contribution >= 4 is 5.91 Å². The lowest BCUT2D eigenvalue weighted by Crippen LogP contribution is -2.56. The summed E-state index contributed by atoms with van der Waals surface area (Å²) < 4.78 is 0. The summed E-state index contributed by atoms with van der Waals surface area (Å²) in [5, 5.41) is 9.01. The molecule has 4 nitrogen and oxygen atoms in total. The summed E-state index contributed by atoms with van der Waals surface area (Å²) in [6.45, 7) is 3.27. The molecule has 1 amide bonds. The van der Waals surface area contributed by atoms with Crippen molar-refractivity contribution in [1.82, 2.24) is 9.80 Å². The topological polar surface area (TPSA) is 47.3 Å². The summed E-state index contributed by atoms with van der Waals surface area (Å²) in [5.74, 6) is 1.02. The van der Waals surface area contributed by atoms with E-state index in [-0.39, 0.29) is 5.91 Å². The van der Waals surface area contributed by atoms with Crippen LogP contribution in [0.2, 0.25) is 0 Å². The van der Waals surface area contributed by atoms with Gasteiger partial charge in [-0.2, -0.15) is 5.26 Å². The lowest BCUT2D eigenvalue weighted by molar-refractivity contribution is 0.0412. The maximum absolute atomic E-state index is 12.9. The van der Waals surface area contributed by atoms with Gasteiger partial charge in [0.1, 0.15) is 0 Å². The number of nitrogens with zero attached hydrogens (tertiary/aromatic N) is 3. The fourth-order valence-electron chi connectivity index (χ4n) is 4.01. The molecule has 0 aromatic heterocycles. The maximum atomic E-state index is 12.9. The van der Waals surface area contributed by atoms with Crippen molar-refractivity contribution in [1.29, 1.82) is 5.26 Å². The van der Waals surface area contributed by atoms with Crippen molar-refractivity contribution in [3.63, 3.8) is 0 Å².